The molecule has 7 nitrogen and oxygen atoms in total. The molecule has 1 aliphatic heterocycles. The van der Waals surface area contributed by atoms with E-state index in [1.54, 1.807) is 29.4 Å². The minimum Gasteiger partial charge on any atom is -0.334 e. The molecule has 0 bridgehead atoms. The van der Waals surface area contributed by atoms with Gasteiger partial charge in [-0.05, 0) is 17.2 Å². The number of nitrogens with zero attached hydrogens (tertiary/aromatic N) is 3. The summed E-state index contributed by atoms with van der Waals surface area (Å²) >= 11 is 0. The molecule has 1 aromatic carbocycles. The van der Waals surface area contributed by atoms with E-state index < -0.39 is 10.0 Å². The van der Waals surface area contributed by atoms with Crippen LogP contribution in [0.15, 0.2) is 54.9 Å². The summed E-state index contributed by atoms with van der Waals surface area (Å²) in [5, 5.41) is 2.84. The fraction of sp³-hybridized carbons (Fsp3) is 0.333. The number of aromatic nitrogens is 1. The maximum Gasteiger partial charge on any atom is 0.317 e. The van der Waals surface area contributed by atoms with E-state index in [1.807, 2.05) is 30.3 Å². The summed E-state index contributed by atoms with van der Waals surface area (Å²) in [6.07, 6.45) is 3.38. The lowest BCUT2D eigenvalue weighted by atomic mass is 10.2. The molecule has 0 unspecified atom stereocenters. The molecule has 26 heavy (non-hydrogen) atoms. The zero-order valence-corrected chi connectivity index (χ0v) is 15.2. The van der Waals surface area contributed by atoms with Crippen LogP contribution in [0.5, 0.6) is 0 Å². The first-order valence-corrected chi connectivity index (χ1v) is 10.1. The summed E-state index contributed by atoms with van der Waals surface area (Å²) < 4.78 is 26.5. The first-order chi connectivity index (χ1) is 12.5. The van der Waals surface area contributed by atoms with E-state index in [0.29, 0.717) is 32.7 Å². The monoisotopic (exact) mass is 374 g/mol. The van der Waals surface area contributed by atoms with Crippen molar-refractivity contribution in [3.8, 4) is 0 Å². The Morgan fingerprint density at radius 2 is 1.69 bits per heavy atom. The highest BCUT2D eigenvalue weighted by atomic mass is 32.2. The third-order valence-corrected chi connectivity index (χ3v) is 6.13. The van der Waals surface area contributed by atoms with Crippen molar-refractivity contribution in [3.05, 3.63) is 66.0 Å². The van der Waals surface area contributed by atoms with Gasteiger partial charge >= 0.3 is 6.03 Å². The minimum absolute atomic E-state index is 0.0129. The molecule has 1 fully saturated rings. The van der Waals surface area contributed by atoms with Crippen molar-refractivity contribution in [1.82, 2.24) is 19.5 Å². The number of benzene rings is 1. The normalized spacial score (nSPS) is 15.6. The molecule has 2 amide bonds. The van der Waals surface area contributed by atoms with Crippen LogP contribution in [0.3, 0.4) is 0 Å². The average molecular weight is 374 g/mol. The zero-order valence-electron chi connectivity index (χ0n) is 14.4. The number of sulfonamides is 1. The number of hydrogen-bond donors (Lipinski definition) is 1. The fourth-order valence-electron chi connectivity index (χ4n) is 2.84. The molecule has 0 spiro atoms. The Kier molecular flexibility index (Phi) is 5.85. The van der Waals surface area contributed by atoms with Crippen molar-refractivity contribution in [2.24, 2.45) is 0 Å². The van der Waals surface area contributed by atoms with Gasteiger partial charge in [0, 0.05) is 45.1 Å². The maximum absolute atomic E-state index is 12.5. The summed E-state index contributed by atoms with van der Waals surface area (Å²) in [5.41, 5.74) is 1.69. The molecule has 1 N–H and O–H groups in total. The first-order valence-electron chi connectivity index (χ1n) is 8.48. The van der Waals surface area contributed by atoms with Gasteiger partial charge in [-0.15, -0.1) is 0 Å². The van der Waals surface area contributed by atoms with Crippen LogP contribution in [-0.4, -0.2) is 54.8 Å². The van der Waals surface area contributed by atoms with Crippen molar-refractivity contribution in [1.29, 1.82) is 0 Å². The maximum atomic E-state index is 12.5. The van der Waals surface area contributed by atoms with E-state index in [9.17, 15) is 13.2 Å². The number of amides is 2. The molecule has 1 aliphatic rings. The summed E-state index contributed by atoms with van der Waals surface area (Å²) in [7, 11) is -3.37. The Labute approximate surface area is 153 Å². The third kappa shape index (κ3) is 4.80. The summed E-state index contributed by atoms with van der Waals surface area (Å²) in [6, 6.07) is 12.6. The average Bonchev–Trinajstić information content (AvgIpc) is 2.67. The van der Waals surface area contributed by atoms with Crippen LogP contribution >= 0.6 is 0 Å². The highest BCUT2D eigenvalue weighted by molar-refractivity contribution is 7.88. The van der Waals surface area contributed by atoms with Crippen LogP contribution in [0.1, 0.15) is 11.1 Å². The summed E-state index contributed by atoms with van der Waals surface area (Å²) in [5.74, 6) is -0.0129. The molecule has 8 heteroatoms. The van der Waals surface area contributed by atoms with E-state index in [2.05, 4.69) is 10.3 Å². The lowest BCUT2D eigenvalue weighted by molar-refractivity contribution is 0.172. The van der Waals surface area contributed by atoms with Crippen LogP contribution in [0.2, 0.25) is 0 Å². The highest BCUT2D eigenvalue weighted by Gasteiger charge is 2.28. The molecule has 0 radical (unpaired) electrons. The lowest BCUT2D eigenvalue weighted by Crippen LogP contribution is -2.53. The first kappa shape index (κ1) is 18.3. The van der Waals surface area contributed by atoms with Gasteiger partial charge in [-0.2, -0.15) is 4.31 Å². The molecule has 3 rings (SSSR count). The van der Waals surface area contributed by atoms with Gasteiger partial charge in [0.2, 0.25) is 10.0 Å². The molecular weight excluding hydrogens is 352 g/mol. The molecule has 0 aliphatic carbocycles. The zero-order chi connectivity index (χ0) is 18.4. The van der Waals surface area contributed by atoms with E-state index in [1.165, 1.54) is 4.31 Å². The van der Waals surface area contributed by atoms with Crippen molar-refractivity contribution in [3.63, 3.8) is 0 Å². The van der Waals surface area contributed by atoms with E-state index in [4.69, 9.17) is 0 Å². The predicted octanol–water partition coefficient (Wildman–Crippen LogP) is 1.44. The molecular formula is C18H22N4O3S. The van der Waals surface area contributed by atoms with Gasteiger partial charge in [0.05, 0.1) is 5.75 Å². The number of piperazine rings is 1. The van der Waals surface area contributed by atoms with E-state index in [-0.39, 0.29) is 11.8 Å². The van der Waals surface area contributed by atoms with Gasteiger partial charge < -0.3 is 10.2 Å². The SMILES string of the molecule is O=C(NCc1cccnc1)N1CCN(S(=O)(=O)Cc2ccccc2)CC1. The van der Waals surface area contributed by atoms with Crippen molar-refractivity contribution in [2.45, 2.75) is 12.3 Å². The Hall–Kier alpha value is -2.45. The van der Waals surface area contributed by atoms with Crippen LogP contribution in [-0.2, 0) is 22.3 Å². The van der Waals surface area contributed by atoms with Crippen LogP contribution < -0.4 is 5.32 Å². The third-order valence-electron chi connectivity index (χ3n) is 4.28. The minimum atomic E-state index is -3.37. The fourth-order valence-corrected chi connectivity index (χ4v) is 4.35. The molecule has 2 aromatic rings. The molecule has 1 saturated heterocycles. The van der Waals surface area contributed by atoms with Gasteiger partial charge in [0.15, 0.2) is 0 Å². The second-order valence-electron chi connectivity index (χ2n) is 6.15. The number of carbonyl (C=O) groups excluding carboxylic acids is 1. The van der Waals surface area contributed by atoms with Crippen LogP contribution in [0, 0.1) is 0 Å². The van der Waals surface area contributed by atoms with E-state index >= 15 is 0 Å². The number of hydrogen-bond acceptors (Lipinski definition) is 4. The Morgan fingerprint density at radius 1 is 1.00 bits per heavy atom. The highest BCUT2D eigenvalue weighted by Crippen LogP contribution is 2.13. The summed E-state index contributed by atoms with van der Waals surface area (Å²) in [4.78, 5) is 17.9. The van der Waals surface area contributed by atoms with Gasteiger partial charge in [-0.1, -0.05) is 36.4 Å². The number of nitrogens with one attached hydrogen (secondary N) is 1. The molecule has 138 valence electrons. The smallest absolute Gasteiger partial charge is 0.317 e. The molecule has 1 aromatic heterocycles. The molecule has 0 saturated carbocycles. The number of rotatable bonds is 5. The topological polar surface area (TPSA) is 82.6 Å². The van der Waals surface area contributed by atoms with Crippen LogP contribution in [0.4, 0.5) is 4.79 Å². The molecule has 2 heterocycles. The van der Waals surface area contributed by atoms with Crippen molar-refractivity contribution < 1.29 is 13.2 Å². The molecule has 0 atom stereocenters. The number of pyridine rings is 1. The lowest BCUT2D eigenvalue weighted by Gasteiger charge is -2.34. The van der Waals surface area contributed by atoms with E-state index in [0.717, 1.165) is 11.1 Å². The Balaban J connectivity index is 1.49. The summed E-state index contributed by atoms with van der Waals surface area (Å²) in [6.45, 7) is 1.80. The standard InChI is InChI=1S/C18H22N4O3S/c23-18(20-14-17-7-4-8-19-13-17)21-9-11-22(12-10-21)26(24,25)15-16-5-2-1-3-6-16/h1-8,13H,9-12,14-15H2,(H,20,23). The number of carbonyl (C=O) groups is 1. The van der Waals surface area contributed by atoms with Crippen LogP contribution in [0.25, 0.3) is 0 Å². The van der Waals surface area contributed by atoms with Gasteiger partial charge in [-0.25, -0.2) is 13.2 Å². The largest absolute Gasteiger partial charge is 0.334 e. The van der Waals surface area contributed by atoms with Gasteiger partial charge in [-0.3, -0.25) is 4.98 Å². The van der Waals surface area contributed by atoms with Crippen molar-refractivity contribution in [2.75, 3.05) is 26.2 Å². The van der Waals surface area contributed by atoms with Crippen molar-refractivity contribution >= 4 is 16.1 Å². The van der Waals surface area contributed by atoms with Gasteiger partial charge in [0.1, 0.15) is 0 Å². The second kappa shape index (κ2) is 8.29. The Bertz CT molecular complexity index is 820. The van der Waals surface area contributed by atoms with Gasteiger partial charge in [0.25, 0.3) is 0 Å². The quantitative estimate of drug-likeness (QED) is 0.858. The number of urea groups is 1. The predicted molar refractivity (Wildman–Crippen MR) is 98.7 cm³/mol. The Morgan fingerprint density at radius 3 is 2.35 bits per heavy atom. The second-order valence-corrected chi connectivity index (χ2v) is 8.12.